The van der Waals surface area contributed by atoms with E-state index < -0.39 is 0 Å². The number of nitrogens with zero attached hydrogens (tertiary/aromatic N) is 1. The summed E-state index contributed by atoms with van der Waals surface area (Å²) in [6.45, 7) is 4.79. The van der Waals surface area contributed by atoms with Crippen LogP contribution in [-0.4, -0.2) is 37.1 Å². The van der Waals surface area contributed by atoms with Crippen molar-refractivity contribution in [2.45, 2.75) is 37.6 Å². The molecule has 3 nitrogen and oxygen atoms in total. The van der Waals surface area contributed by atoms with Gasteiger partial charge in [-0.15, -0.1) is 0 Å². The summed E-state index contributed by atoms with van der Waals surface area (Å²) in [5, 5.41) is 3.43. The molecule has 2 fully saturated rings. The molecule has 1 aromatic heterocycles. The zero-order valence-electron chi connectivity index (χ0n) is 10.4. The van der Waals surface area contributed by atoms with Gasteiger partial charge in [-0.05, 0) is 37.8 Å². The van der Waals surface area contributed by atoms with Gasteiger partial charge in [0.25, 0.3) is 0 Å². The van der Waals surface area contributed by atoms with E-state index in [0.29, 0.717) is 5.92 Å². The van der Waals surface area contributed by atoms with Crippen LogP contribution in [0.15, 0.2) is 22.8 Å². The van der Waals surface area contributed by atoms with E-state index in [4.69, 9.17) is 4.42 Å². The monoisotopic (exact) mass is 234 g/mol. The van der Waals surface area contributed by atoms with Gasteiger partial charge in [-0.1, -0.05) is 0 Å². The maximum Gasteiger partial charge on any atom is 0.106 e. The smallest absolute Gasteiger partial charge is 0.106 e. The Morgan fingerprint density at radius 1 is 1.12 bits per heavy atom. The number of piperazine rings is 1. The van der Waals surface area contributed by atoms with E-state index in [9.17, 15) is 0 Å². The SMILES string of the molecule is c1coc(C2CCC(N3CCNCC3)CC2)c1. The number of furan rings is 1. The van der Waals surface area contributed by atoms with Gasteiger partial charge in [0.2, 0.25) is 0 Å². The Morgan fingerprint density at radius 2 is 1.88 bits per heavy atom. The highest BCUT2D eigenvalue weighted by atomic mass is 16.3. The highest BCUT2D eigenvalue weighted by Gasteiger charge is 2.28. The molecule has 1 aromatic rings. The maximum absolute atomic E-state index is 5.53. The van der Waals surface area contributed by atoms with Gasteiger partial charge in [0.1, 0.15) is 5.76 Å². The fourth-order valence-corrected chi connectivity index (χ4v) is 3.30. The van der Waals surface area contributed by atoms with Crippen molar-refractivity contribution in [1.29, 1.82) is 0 Å². The minimum absolute atomic E-state index is 0.671. The van der Waals surface area contributed by atoms with Crippen molar-refractivity contribution in [2.75, 3.05) is 26.2 Å². The largest absolute Gasteiger partial charge is 0.469 e. The lowest BCUT2D eigenvalue weighted by Gasteiger charge is -2.38. The van der Waals surface area contributed by atoms with Gasteiger partial charge in [0.05, 0.1) is 6.26 Å². The third-order valence-corrected chi connectivity index (χ3v) is 4.31. The quantitative estimate of drug-likeness (QED) is 0.850. The molecule has 2 heterocycles. The molecule has 3 rings (SSSR count). The summed E-state index contributed by atoms with van der Waals surface area (Å²) < 4.78 is 5.53. The first kappa shape index (κ1) is 11.3. The van der Waals surface area contributed by atoms with Crippen LogP contribution in [0.5, 0.6) is 0 Å². The van der Waals surface area contributed by atoms with Crippen LogP contribution in [0, 0.1) is 0 Å². The van der Waals surface area contributed by atoms with Crippen molar-refractivity contribution >= 4 is 0 Å². The highest BCUT2D eigenvalue weighted by molar-refractivity contribution is 5.06. The Morgan fingerprint density at radius 3 is 2.53 bits per heavy atom. The van der Waals surface area contributed by atoms with Crippen LogP contribution < -0.4 is 5.32 Å². The maximum atomic E-state index is 5.53. The number of hydrogen-bond acceptors (Lipinski definition) is 3. The molecule has 2 aliphatic rings. The summed E-state index contributed by atoms with van der Waals surface area (Å²) in [4.78, 5) is 2.68. The van der Waals surface area contributed by atoms with Crippen molar-refractivity contribution in [3.05, 3.63) is 24.2 Å². The zero-order chi connectivity index (χ0) is 11.5. The van der Waals surface area contributed by atoms with Crippen molar-refractivity contribution in [3.63, 3.8) is 0 Å². The van der Waals surface area contributed by atoms with E-state index in [2.05, 4.69) is 16.3 Å². The third-order valence-electron chi connectivity index (χ3n) is 4.31. The molecule has 0 spiro atoms. The van der Waals surface area contributed by atoms with Gasteiger partial charge in [0, 0.05) is 38.1 Å². The van der Waals surface area contributed by atoms with Gasteiger partial charge >= 0.3 is 0 Å². The van der Waals surface area contributed by atoms with Crippen molar-refractivity contribution in [3.8, 4) is 0 Å². The minimum Gasteiger partial charge on any atom is -0.469 e. The molecule has 0 bridgehead atoms. The summed E-state index contributed by atoms with van der Waals surface area (Å²) in [6, 6.07) is 4.97. The van der Waals surface area contributed by atoms with Gasteiger partial charge in [-0.2, -0.15) is 0 Å². The second-order valence-corrected chi connectivity index (χ2v) is 5.31. The Bertz CT molecular complexity index is 322. The van der Waals surface area contributed by atoms with Gasteiger partial charge in [0.15, 0.2) is 0 Å². The number of hydrogen-bond donors (Lipinski definition) is 1. The molecular weight excluding hydrogens is 212 g/mol. The third kappa shape index (κ3) is 2.55. The Labute approximate surface area is 103 Å². The Kier molecular flexibility index (Phi) is 3.48. The minimum atomic E-state index is 0.671. The average molecular weight is 234 g/mol. The lowest BCUT2D eigenvalue weighted by atomic mass is 9.84. The standard InChI is InChI=1S/C14H22N2O/c1-2-14(17-11-1)12-3-5-13(6-4-12)16-9-7-15-8-10-16/h1-2,11-13,15H,3-10H2. The summed E-state index contributed by atoms with van der Waals surface area (Å²) in [5.41, 5.74) is 0. The molecule has 1 aliphatic carbocycles. The molecular formula is C14H22N2O. The van der Waals surface area contributed by atoms with E-state index in [1.54, 1.807) is 6.26 Å². The van der Waals surface area contributed by atoms with Crippen LogP contribution >= 0.6 is 0 Å². The van der Waals surface area contributed by atoms with Crippen LogP contribution in [0.1, 0.15) is 37.4 Å². The molecule has 0 radical (unpaired) electrons. The van der Waals surface area contributed by atoms with E-state index in [1.165, 1.54) is 44.5 Å². The predicted molar refractivity (Wildman–Crippen MR) is 68.1 cm³/mol. The molecule has 0 aromatic carbocycles. The molecule has 17 heavy (non-hydrogen) atoms. The lowest BCUT2D eigenvalue weighted by Crippen LogP contribution is -2.49. The first-order valence-electron chi connectivity index (χ1n) is 6.91. The highest BCUT2D eigenvalue weighted by Crippen LogP contribution is 2.34. The van der Waals surface area contributed by atoms with Crippen LogP contribution in [0.3, 0.4) is 0 Å². The summed E-state index contributed by atoms with van der Waals surface area (Å²) >= 11 is 0. The summed E-state index contributed by atoms with van der Waals surface area (Å²) in [7, 11) is 0. The van der Waals surface area contributed by atoms with Gasteiger partial charge < -0.3 is 9.73 Å². The average Bonchev–Trinajstić information content (AvgIpc) is 2.94. The zero-order valence-corrected chi connectivity index (χ0v) is 10.4. The number of rotatable bonds is 2. The van der Waals surface area contributed by atoms with E-state index in [-0.39, 0.29) is 0 Å². The fourth-order valence-electron chi connectivity index (χ4n) is 3.30. The molecule has 1 saturated carbocycles. The first-order chi connectivity index (χ1) is 8.43. The van der Waals surface area contributed by atoms with E-state index in [0.717, 1.165) is 19.1 Å². The second-order valence-electron chi connectivity index (χ2n) is 5.31. The van der Waals surface area contributed by atoms with Crippen molar-refractivity contribution in [1.82, 2.24) is 10.2 Å². The molecule has 94 valence electrons. The molecule has 0 unspecified atom stereocenters. The van der Waals surface area contributed by atoms with Crippen LogP contribution in [0.2, 0.25) is 0 Å². The summed E-state index contributed by atoms with van der Waals surface area (Å²) in [6.07, 6.45) is 7.07. The van der Waals surface area contributed by atoms with Crippen LogP contribution in [0.4, 0.5) is 0 Å². The predicted octanol–water partition coefficient (Wildman–Crippen LogP) is 2.21. The van der Waals surface area contributed by atoms with E-state index >= 15 is 0 Å². The second kappa shape index (κ2) is 5.23. The molecule has 1 aliphatic heterocycles. The molecule has 1 saturated heterocycles. The summed E-state index contributed by atoms with van der Waals surface area (Å²) in [5.74, 6) is 1.87. The molecule has 0 amide bonds. The van der Waals surface area contributed by atoms with E-state index in [1.807, 2.05) is 6.07 Å². The lowest BCUT2D eigenvalue weighted by molar-refractivity contribution is 0.130. The van der Waals surface area contributed by atoms with Crippen LogP contribution in [0.25, 0.3) is 0 Å². The first-order valence-corrected chi connectivity index (χ1v) is 6.91. The number of nitrogens with one attached hydrogen (secondary N) is 1. The van der Waals surface area contributed by atoms with Gasteiger partial charge in [-0.3, -0.25) is 4.90 Å². The van der Waals surface area contributed by atoms with Crippen molar-refractivity contribution in [2.24, 2.45) is 0 Å². The fraction of sp³-hybridized carbons (Fsp3) is 0.714. The van der Waals surface area contributed by atoms with Crippen LogP contribution in [-0.2, 0) is 0 Å². The Balaban J connectivity index is 1.53. The molecule has 1 N–H and O–H groups in total. The topological polar surface area (TPSA) is 28.4 Å². The molecule has 3 heteroatoms. The Hall–Kier alpha value is -0.800. The molecule has 0 atom stereocenters. The van der Waals surface area contributed by atoms with Crippen molar-refractivity contribution < 1.29 is 4.42 Å². The normalized spacial score (nSPS) is 31.5. The van der Waals surface area contributed by atoms with Gasteiger partial charge in [-0.25, -0.2) is 0 Å².